The normalized spacial score (nSPS) is 12.9. The van der Waals surface area contributed by atoms with Gasteiger partial charge in [-0.25, -0.2) is 4.98 Å². The van der Waals surface area contributed by atoms with Crippen molar-refractivity contribution in [2.75, 3.05) is 0 Å². The fourth-order valence-corrected chi connectivity index (χ4v) is 2.65. The molecule has 2 rings (SSSR count). The van der Waals surface area contributed by atoms with Crippen molar-refractivity contribution in [3.8, 4) is 0 Å². The van der Waals surface area contributed by atoms with Crippen molar-refractivity contribution in [1.29, 1.82) is 0 Å². The molecule has 0 aliphatic rings. The summed E-state index contributed by atoms with van der Waals surface area (Å²) >= 11 is 7.50. The molecule has 2 aromatic rings. The molecule has 0 fully saturated rings. The van der Waals surface area contributed by atoms with E-state index in [0.717, 1.165) is 23.1 Å². The summed E-state index contributed by atoms with van der Waals surface area (Å²) < 4.78 is 2.94. The highest BCUT2D eigenvalue weighted by atomic mass is 35.5. The first-order valence-corrected chi connectivity index (χ1v) is 6.34. The van der Waals surface area contributed by atoms with Gasteiger partial charge in [-0.3, -0.25) is 0 Å². The van der Waals surface area contributed by atoms with Gasteiger partial charge in [0.2, 0.25) is 0 Å². The smallest absolute Gasteiger partial charge is 0.110 e. The first kappa shape index (κ1) is 11.6. The van der Waals surface area contributed by atoms with Crippen LogP contribution in [-0.4, -0.2) is 15.6 Å². The molecule has 3 nitrogen and oxygen atoms in total. The lowest BCUT2D eigenvalue weighted by Gasteiger charge is -2.08. The molecule has 0 spiro atoms. The molecule has 0 aliphatic carbocycles. The van der Waals surface area contributed by atoms with Gasteiger partial charge in [0.25, 0.3) is 0 Å². The van der Waals surface area contributed by atoms with E-state index >= 15 is 0 Å². The maximum Gasteiger partial charge on any atom is 0.110 e. The van der Waals surface area contributed by atoms with Crippen LogP contribution in [0.1, 0.15) is 17.6 Å². The van der Waals surface area contributed by atoms with Gasteiger partial charge in [0.15, 0.2) is 0 Å². The Hall–Kier alpha value is -0.840. The van der Waals surface area contributed by atoms with Crippen LogP contribution < -0.4 is 5.73 Å². The maximum absolute atomic E-state index is 5.90. The summed E-state index contributed by atoms with van der Waals surface area (Å²) in [4.78, 5) is 5.54. The Morgan fingerprint density at radius 1 is 1.56 bits per heavy atom. The van der Waals surface area contributed by atoms with Crippen LogP contribution in [-0.2, 0) is 13.0 Å². The van der Waals surface area contributed by atoms with Gasteiger partial charge in [0.05, 0.1) is 10.9 Å². The molecule has 2 heterocycles. The van der Waals surface area contributed by atoms with Crippen LogP contribution in [0.2, 0.25) is 4.34 Å². The van der Waals surface area contributed by atoms with Crippen molar-refractivity contribution < 1.29 is 0 Å². The Kier molecular flexibility index (Phi) is 3.63. The molecular formula is C11H14ClN3S. The molecule has 2 N–H and O–H groups in total. The third kappa shape index (κ3) is 2.84. The summed E-state index contributed by atoms with van der Waals surface area (Å²) in [7, 11) is 0. The predicted octanol–water partition coefficient (Wildman–Crippen LogP) is 2.54. The minimum atomic E-state index is 0.132. The van der Waals surface area contributed by atoms with E-state index in [1.54, 1.807) is 11.3 Å². The van der Waals surface area contributed by atoms with Crippen LogP contribution in [0.15, 0.2) is 24.5 Å². The molecule has 0 saturated carbocycles. The van der Waals surface area contributed by atoms with E-state index in [1.165, 1.54) is 4.88 Å². The van der Waals surface area contributed by atoms with E-state index in [4.69, 9.17) is 17.3 Å². The molecule has 0 bridgehead atoms. The minimum Gasteiger partial charge on any atom is -0.330 e. The van der Waals surface area contributed by atoms with Gasteiger partial charge < -0.3 is 10.3 Å². The molecule has 0 aromatic carbocycles. The average molecular weight is 256 g/mol. The number of imidazole rings is 1. The quantitative estimate of drug-likeness (QED) is 0.913. The molecule has 86 valence electrons. The van der Waals surface area contributed by atoms with Crippen molar-refractivity contribution in [1.82, 2.24) is 9.55 Å². The second-order valence-corrected chi connectivity index (χ2v) is 5.66. The van der Waals surface area contributed by atoms with Gasteiger partial charge in [-0.15, -0.1) is 11.3 Å². The van der Waals surface area contributed by atoms with E-state index in [1.807, 2.05) is 31.5 Å². The Labute approximate surface area is 104 Å². The summed E-state index contributed by atoms with van der Waals surface area (Å²) in [5.41, 5.74) is 5.78. The number of rotatable bonds is 4. The number of aromatic nitrogens is 2. The minimum absolute atomic E-state index is 0.132. The predicted molar refractivity (Wildman–Crippen MR) is 68.0 cm³/mol. The van der Waals surface area contributed by atoms with Crippen LogP contribution in [0, 0.1) is 0 Å². The number of nitrogens with zero attached hydrogens (tertiary/aromatic N) is 2. The lowest BCUT2D eigenvalue weighted by Crippen LogP contribution is -2.20. The second-order valence-electron chi connectivity index (χ2n) is 3.86. The van der Waals surface area contributed by atoms with E-state index in [-0.39, 0.29) is 6.04 Å². The first-order valence-electron chi connectivity index (χ1n) is 5.15. The number of halogens is 1. The Morgan fingerprint density at radius 3 is 3.00 bits per heavy atom. The standard InChI is InChI=1S/C11H14ClN3S/c1-8(13)6-11-14-4-5-15(11)7-9-2-3-10(12)16-9/h2-5,8H,6-7,13H2,1H3. The van der Waals surface area contributed by atoms with E-state index in [2.05, 4.69) is 9.55 Å². The van der Waals surface area contributed by atoms with Gasteiger partial charge in [0.1, 0.15) is 5.82 Å². The van der Waals surface area contributed by atoms with Gasteiger partial charge in [-0.1, -0.05) is 11.6 Å². The Balaban J connectivity index is 2.12. The highest BCUT2D eigenvalue weighted by molar-refractivity contribution is 7.16. The molecule has 0 radical (unpaired) electrons. The van der Waals surface area contributed by atoms with Crippen molar-refractivity contribution >= 4 is 22.9 Å². The number of nitrogens with two attached hydrogens (primary N) is 1. The summed E-state index contributed by atoms with van der Waals surface area (Å²) in [5, 5.41) is 0. The van der Waals surface area contributed by atoms with E-state index in [0.29, 0.717) is 0 Å². The van der Waals surface area contributed by atoms with Crippen LogP contribution >= 0.6 is 22.9 Å². The highest BCUT2D eigenvalue weighted by Gasteiger charge is 2.07. The van der Waals surface area contributed by atoms with Crippen molar-refractivity contribution in [3.05, 3.63) is 39.6 Å². The molecule has 1 unspecified atom stereocenters. The van der Waals surface area contributed by atoms with Crippen molar-refractivity contribution in [2.24, 2.45) is 5.73 Å². The summed E-state index contributed by atoms with van der Waals surface area (Å²) in [6.07, 6.45) is 4.59. The fourth-order valence-electron chi connectivity index (χ4n) is 1.57. The van der Waals surface area contributed by atoms with Crippen LogP contribution in [0.5, 0.6) is 0 Å². The monoisotopic (exact) mass is 255 g/mol. The Morgan fingerprint density at radius 2 is 2.38 bits per heavy atom. The van der Waals surface area contributed by atoms with Crippen molar-refractivity contribution in [2.45, 2.75) is 25.9 Å². The van der Waals surface area contributed by atoms with Gasteiger partial charge in [-0.2, -0.15) is 0 Å². The molecule has 0 aliphatic heterocycles. The van der Waals surface area contributed by atoms with Gasteiger partial charge in [-0.05, 0) is 19.1 Å². The fraction of sp³-hybridized carbons (Fsp3) is 0.364. The van der Waals surface area contributed by atoms with Crippen LogP contribution in [0.25, 0.3) is 0 Å². The van der Waals surface area contributed by atoms with E-state index in [9.17, 15) is 0 Å². The van der Waals surface area contributed by atoms with Crippen LogP contribution in [0.3, 0.4) is 0 Å². The molecule has 1 atom stereocenters. The van der Waals surface area contributed by atoms with Gasteiger partial charge >= 0.3 is 0 Å². The SMILES string of the molecule is CC(N)Cc1nccn1Cc1ccc(Cl)s1. The van der Waals surface area contributed by atoms with E-state index < -0.39 is 0 Å². The van der Waals surface area contributed by atoms with Crippen LogP contribution in [0.4, 0.5) is 0 Å². The number of thiophene rings is 1. The molecule has 16 heavy (non-hydrogen) atoms. The highest BCUT2D eigenvalue weighted by Crippen LogP contribution is 2.22. The summed E-state index contributed by atoms with van der Waals surface area (Å²) in [5.74, 6) is 1.03. The molecule has 0 amide bonds. The Bertz CT molecular complexity index is 461. The largest absolute Gasteiger partial charge is 0.330 e. The number of hydrogen-bond donors (Lipinski definition) is 1. The maximum atomic E-state index is 5.90. The second kappa shape index (κ2) is 4.99. The average Bonchev–Trinajstić information content (AvgIpc) is 2.77. The number of hydrogen-bond acceptors (Lipinski definition) is 3. The third-order valence-electron chi connectivity index (χ3n) is 2.26. The molecule has 5 heteroatoms. The topological polar surface area (TPSA) is 43.8 Å². The molecule has 0 saturated heterocycles. The lowest BCUT2D eigenvalue weighted by atomic mass is 10.2. The third-order valence-corrected chi connectivity index (χ3v) is 3.48. The first-order chi connectivity index (χ1) is 7.65. The molecule has 2 aromatic heterocycles. The zero-order valence-corrected chi connectivity index (χ0v) is 10.6. The van der Waals surface area contributed by atoms with Crippen molar-refractivity contribution in [3.63, 3.8) is 0 Å². The summed E-state index contributed by atoms with van der Waals surface area (Å²) in [6, 6.07) is 4.10. The zero-order valence-electron chi connectivity index (χ0n) is 9.06. The summed E-state index contributed by atoms with van der Waals surface area (Å²) in [6.45, 7) is 2.81. The zero-order chi connectivity index (χ0) is 11.5. The van der Waals surface area contributed by atoms with Gasteiger partial charge in [0, 0.05) is 29.7 Å². The lowest BCUT2D eigenvalue weighted by molar-refractivity contribution is 0.651. The molecular weight excluding hydrogens is 242 g/mol.